The Morgan fingerprint density at radius 3 is 2.51 bits per heavy atom. The molecular weight excluding hydrogens is 468 g/mol. The SMILES string of the molecule is C=CCc1cc(/C=C2\C(=O)NC(=O)N(C3CCCC3)C2=O)cc(OC)c1OCc1ccc(Cl)cc1. The van der Waals surface area contributed by atoms with Crippen LogP contribution in [0, 0.1) is 0 Å². The molecule has 2 aliphatic rings. The Balaban J connectivity index is 1.66. The number of barbiturate groups is 1. The maximum atomic E-state index is 13.1. The molecule has 0 spiro atoms. The van der Waals surface area contributed by atoms with Gasteiger partial charge in [0, 0.05) is 16.6 Å². The molecule has 1 aliphatic heterocycles. The molecule has 1 saturated heterocycles. The molecule has 0 radical (unpaired) electrons. The number of hydrogen-bond acceptors (Lipinski definition) is 5. The van der Waals surface area contributed by atoms with Crippen molar-refractivity contribution in [2.45, 2.75) is 44.8 Å². The molecule has 0 bridgehead atoms. The highest BCUT2D eigenvalue weighted by Crippen LogP contribution is 2.35. The Bertz CT molecular complexity index is 1180. The van der Waals surface area contributed by atoms with E-state index in [-0.39, 0.29) is 11.6 Å². The zero-order valence-corrected chi connectivity index (χ0v) is 20.3. The molecule has 1 saturated carbocycles. The molecule has 8 heteroatoms. The second kappa shape index (κ2) is 10.8. The Morgan fingerprint density at radius 1 is 1.14 bits per heavy atom. The second-order valence-electron chi connectivity index (χ2n) is 8.55. The lowest BCUT2D eigenvalue weighted by molar-refractivity contribution is -0.131. The summed E-state index contributed by atoms with van der Waals surface area (Å²) in [5.74, 6) is -0.274. The van der Waals surface area contributed by atoms with E-state index in [0.29, 0.717) is 35.1 Å². The molecule has 2 aromatic carbocycles. The molecular formula is C27H27ClN2O5. The number of rotatable bonds is 8. The van der Waals surface area contributed by atoms with Crippen LogP contribution >= 0.6 is 11.6 Å². The lowest BCUT2D eigenvalue weighted by Crippen LogP contribution is -2.57. The van der Waals surface area contributed by atoms with Crippen molar-refractivity contribution in [1.82, 2.24) is 10.2 Å². The summed E-state index contributed by atoms with van der Waals surface area (Å²) in [6.45, 7) is 4.13. The first kappa shape index (κ1) is 24.5. The van der Waals surface area contributed by atoms with Gasteiger partial charge in [-0.3, -0.25) is 19.8 Å². The predicted octanol–water partition coefficient (Wildman–Crippen LogP) is 5.06. The molecule has 4 amide bonds. The van der Waals surface area contributed by atoms with Gasteiger partial charge in [0.15, 0.2) is 11.5 Å². The topological polar surface area (TPSA) is 84.9 Å². The minimum Gasteiger partial charge on any atom is -0.493 e. The van der Waals surface area contributed by atoms with E-state index in [9.17, 15) is 14.4 Å². The number of methoxy groups -OCH3 is 1. The molecule has 35 heavy (non-hydrogen) atoms. The van der Waals surface area contributed by atoms with Crippen molar-refractivity contribution in [2.24, 2.45) is 0 Å². The molecule has 1 heterocycles. The third kappa shape index (κ3) is 5.41. The minimum absolute atomic E-state index is 0.0852. The Labute approximate surface area is 209 Å². The maximum Gasteiger partial charge on any atom is 0.331 e. The van der Waals surface area contributed by atoms with E-state index in [1.165, 1.54) is 18.1 Å². The number of ether oxygens (including phenoxy) is 2. The molecule has 0 aromatic heterocycles. The highest BCUT2D eigenvalue weighted by molar-refractivity contribution is 6.31. The number of allylic oxidation sites excluding steroid dienone is 1. The van der Waals surface area contributed by atoms with Crippen molar-refractivity contribution in [1.29, 1.82) is 0 Å². The van der Waals surface area contributed by atoms with Gasteiger partial charge in [0.25, 0.3) is 11.8 Å². The summed E-state index contributed by atoms with van der Waals surface area (Å²) in [6.07, 6.45) is 7.11. The van der Waals surface area contributed by atoms with Crippen LogP contribution in [0.15, 0.2) is 54.6 Å². The van der Waals surface area contributed by atoms with Crippen LogP contribution in [0.1, 0.15) is 42.4 Å². The van der Waals surface area contributed by atoms with Gasteiger partial charge in [-0.1, -0.05) is 42.7 Å². The zero-order valence-electron chi connectivity index (χ0n) is 19.5. The fourth-order valence-electron chi connectivity index (χ4n) is 4.46. The largest absolute Gasteiger partial charge is 0.493 e. The van der Waals surface area contributed by atoms with Gasteiger partial charge in [-0.25, -0.2) is 4.79 Å². The van der Waals surface area contributed by atoms with Gasteiger partial charge in [0.2, 0.25) is 0 Å². The van der Waals surface area contributed by atoms with E-state index in [1.54, 1.807) is 24.3 Å². The monoisotopic (exact) mass is 494 g/mol. The molecule has 0 unspecified atom stereocenters. The normalized spacial score (nSPS) is 17.6. The van der Waals surface area contributed by atoms with Crippen LogP contribution < -0.4 is 14.8 Å². The third-order valence-corrected chi connectivity index (χ3v) is 6.42. The van der Waals surface area contributed by atoms with Crippen molar-refractivity contribution >= 4 is 35.5 Å². The number of urea groups is 1. The van der Waals surface area contributed by atoms with Gasteiger partial charge in [0.05, 0.1) is 7.11 Å². The third-order valence-electron chi connectivity index (χ3n) is 6.17. The summed E-state index contributed by atoms with van der Waals surface area (Å²) >= 11 is 5.96. The number of carbonyl (C=O) groups excluding carboxylic acids is 3. The summed E-state index contributed by atoms with van der Waals surface area (Å²) in [5, 5.41) is 2.95. The molecule has 7 nitrogen and oxygen atoms in total. The molecule has 2 fully saturated rings. The number of hydrogen-bond donors (Lipinski definition) is 1. The standard InChI is InChI=1S/C27H27ClN2O5/c1-3-6-19-13-18(15-23(34-2)24(19)35-16-17-9-11-20(28)12-10-17)14-22-25(31)29-27(33)30(26(22)32)21-7-4-5-8-21/h3,9-15,21H,1,4-8,16H2,2H3,(H,29,31,33)/b22-14+. The van der Waals surface area contributed by atoms with Gasteiger partial charge >= 0.3 is 6.03 Å². The average Bonchev–Trinajstić information content (AvgIpc) is 3.36. The van der Waals surface area contributed by atoms with Crippen LogP contribution in [0.4, 0.5) is 4.79 Å². The van der Waals surface area contributed by atoms with Gasteiger partial charge < -0.3 is 9.47 Å². The molecule has 1 N–H and O–H groups in total. The van der Waals surface area contributed by atoms with E-state index in [4.69, 9.17) is 21.1 Å². The smallest absolute Gasteiger partial charge is 0.331 e. The van der Waals surface area contributed by atoms with Crippen LogP contribution in [-0.4, -0.2) is 35.9 Å². The summed E-state index contributed by atoms with van der Waals surface area (Å²) in [5.41, 5.74) is 2.22. The number of nitrogens with zero attached hydrogens (tertiary/aromatic N) is 1. The number of halogens is 1. The Hall–Kier alpha value is -3.58. The highest BCUT2D eigenvalue weighted by atomic mass is 35.5. The van der Waals surface area contributed by atoms with E-state index >= 15 is 0 Å². The maximum absolute atomic E-state index is 13.1. The molecule has 182 valence electrons. The summed E-state index contributed by atoms with van der Waals surface area (Å²) in [7, 11) is 1.53. The van der Waals surface area contributed by atoms with Gasteiger partial charge in [-0.2, -0.15) is 0 Å². The fourth-order valence-corrected chi connectivity index (χ4v) is 4.58. The van der Waals surface area contributed by atoms with E-state index in [1.807, 2.05) is 18.2 Å². The minimum atomic E-state index is -0.707. The first-order chi connectivity index (χ1) is 16.9. The predicted molar refractivity (Wildman–Crippen MR) is 133 cm³/mol. The first-order valence-corrected chi connectivity index (χ1v) is 11.9. The summed E-state index contributed by atoms with van der Waals surface area (Å²) in [6, 6.07) is 10.0. The molecule has 2 aromatic rings. The average molecular weight is 495 g/mol. The first-order valence-electron chi connectivity index (χ1n) is 11.5. The number of nitrogens with one attached hydrogen (secondary N) is 1. The molecule has 0 atom stereocenters. The quantitative estimate of drug-likeness (QED) is 0.315. The fraction of sp³-hybridized carbons (Fsp3) is 0.296. The van der Waals surface area contributed by atoms with Crippen LogP contribution in [-0.2, 0) is 22.6 Å². The molecule has 1 aliphatic carbocycles. The number of imide groups is 2. The Morgan fingerprint density at radius 2 is 1.86 bits per heavy atom. The summed E-state index contributed by atoms with van der Waals surface area (Å²) < 4.78 is 11.7. The van der Waals surface area contributed by atoms with Crippen LogP contribution in [0.3, 0.4) is 0 Å². The Kier molecular flexibility index (Phi) is 7.56. The van der Waals surface area contributed by atoms with E-state index < -0.39 is 17.8 Å². The summed E-state index contributed by atoms with van der Waals surface area (Å²) in [4.78, 5) is 39.3. The zero-order chi connectivity index (χ0) is 24.9. The lowest BCUT2D eigenvalue weighted by atomic mass is 10.0. The van der Waals surface area contributed by atoms with Crippen LogP contribution in [0.2, 0.25) is 5.02 Å². The van der Waals surface area contributed by atoms with Crippen molar-refractivity contribution in [3.05, 3.63) is 76.3 Å². The van der Waals surface area contributed by atoms with E-state index in [0.717, 1.165) is 36.8 Å². The van der Waals surface area contributed by atoms with Crippen molar-refractivity contribution in [3.8, 4) is 11.5 Å². The second-order valence-corrected chi connectivity index (χ2v) is 8.99. The van der Waals surface area contributed by atoms with Crippen LogP contribution in [0.5, 0.6) is 11.5 Å². The van der Waals surface area contributed by atoms with Gasteiger partial charge in [0.1, 0.15) is 12.2 Å². The van der Waals surface area contributed by atoms with E-state index in [2.05, 4.69) is 11.9 Å². The van der Waals surface area contributed by atoms with Crippen molar-refractivity contribution in [3.63, 3.8) is 0 Å². The van der Waals surface area contributed by atoms with Crippen LogP contribution in [0.25, 0.3) is 6.08 Å². The highest BCUT2D eigenvalue weighted by Gasteiger charge is 2.40. The number of carbonyl (C=O) groups is 3. The van der Waals surface area contributed by atoms with Gasteiger partial charge in [-0.05, 0) is 60.7 Å². The molecule has 4 rings (SSSR count). The lowest BCUT2D eigenvalue weighted by Gasteiger charge is -2.31. The van der Waals surface area contributed by atoms with Crippen molar-refractivity contribution < 1.29 is 23.9 Å². The number of amides is 4. The van der Waals surface area contributed by atoms with Gasteiger partial charge in [-0.15, -0.1) is 6.58 Å². The number of benzene rings is 2. The van der Waals surface area contributed by atoms with Crippen molar-refractivity contribution in [2.75, 3.05) is 7.11 Å².